The molecule has 0 aromatic heterocycles. The second-order valence-electron chi connectivity index (χ2n) is 7.18. The maximum atomic E-state index is 13.3. The summed E-state index contributed by atoms with van der Waals surface area (Å²) in [7, 11) is -3.45. The van der Waals surface area contributed by atoms with Crippen molar-refractivity contribution < 1.29 is 17.7 Å². The zero-order valence-corrected chi connectivity index (χ0v) is 16.1. The maximum Gasteiger partial charge on any atom is 0.243 e. The van der Waals surface area contributed by atoms with Crippen LogP contribution in [0, 0.1) is 5.82 Å². The number of halogens is 1. The molecule has 0 saturated carbocycles. The minimum Gasteiger partial charge on any atom is -0.329 e. The van der Waals surface area contributed by atoms with Gasteiger partial charge in [0.1, 0.15) is 12.4 Å². The van der Waals surface area contributed by atoms with Crippen LogP contribution < -0.4 is 4.90 Å². The Kier molecular flexibility index (Phi) is 5.75. The fourth-order valence-corrected chi connectivity index (χ4v) is 4.77. The largest absolute Gasteiger partial charge is 0.329 e. The molecule has 1 aliphatic rings. The average molecular weight is 378 g/mol. The number of sulfonamides is 1. The maximum absolute atomic E-state index is 13.3. The van der Waals surface area contributed by atoms with E-state index in [0.29, 0.717) is 30.4 Å². The van der Waals surface area contributed by atoms with Crippen LogP contribution in [-0.4, -0.2) is 38.9 Å². The van der Waals surface area contributed by atoms with E-state index in [-0.39, 0.29) is 5.82 Å². The molecule has 1 heterocycles. The summed E-state index contributed by atoms with van der Waals surface area (Å²) in [6, 6.07) is 13.8. The molecule has 0 radical (unpaired) electrons. The fraction of sp³-hybridized carbons (Fsp3) is 0.400. The Morgan fingerprint density at radius 2 is 1.73 bits per heavy atom. The lowest BCUT2D eigenvalue weighted by molar-refractivity contribution is -0.917. The van der Waals surface area contributed by atoms with Gasteiger partial charge in [0, 0.05) is 5.56 Å². The summed E-state index contributed by atoms with van der Waals surface area (Å²) >= 11 is 0. The molecule has 1 N–H and O–H groups in total. The molecule has 2 aromatic carbocycles. The summed E-state index contributed by atoms with van der Waals surface area (Å²) in [6.07, 6.45) is 0. The Labute approximate surface area is 155 Å². The molecule has 1 fully saturated rings. The zero-order valence-electron chi connectivity index (χ0n) is 15.3. The molecular weight excluding hydrogens is 351 g/mol. The topological polar surface area (TPSA) is 41.8 Å². The smallest absolute Gasteiger partial charge is 0.243 e. The van der Waals surface area contributed by atoms with Crippen LogP contribution in [0.2, 0.25) is 0 Å². The molecule has 26 heavy (non-hydrogen) atoms. The van der Waals surface area contributed by atoms with Gasteiger partial charge >= 0.3 is 0 Å². The minimum absolute atomic E-state index is 0.229. The van der Waals surface area contributed by atoms with Gasteiger partial charge in [-0.05, 0) is 35.7 Å². The lowest BCUT2D eigenvalue weighted by atomic mass is 10.0. The first-order valence-electron chi connectivity index (χ1n) is 9.04. The van der Waals surface area contributed by atoms with E-state index >= 15 is 0 Å². The van der Waals surface area contributed by atoms with Gasteiger partial charge in [-0.2, -0.15) is 4.31 Å². The van der Waals surface area contributed by atoms with E-state index in [1.165, 1.54) is 11.0 Å². The molecule has 4 nitrogen and oxygen atoms in total. The molecule has 1 aliphatic heterocycles. The number of hydrogen-bond donors (Lipinski definition) is 1. The van der Waals surface area contributed by atoms with Gasteiger partial charge in [0.25, 0.3) is 0 Å². The second kappa shape index (κ2) is 7.86. The number of rotatable bonds is 5. The number of nitrogens with zero attached hydrogens (tertiary/aromatic N) is 1. The Bertz CT molecular complexity index is 842. The monoisotopic (exact) mass is 377 g/mol. The number of benzene rings is 2. The zero-order chi connectivity index (χ0) is 18.7. The molecule has 1 saturated heterocycles. The Morgan fingerprint density at radius 3 is 2.31 bits per heavy atom. The van der Waals surface area contributed by atoms with Gasteiger partial charge in [-0.3, -0.25) is 0 Å². The third-order valence-electron chi connectivity index (χ3n) is 4.96. The minimum atomic E-state index is -3.45. The average Bonchev–Trinajstić information content (AvgIpc) is 2.62. The van der Waals surface area contributed by atoms with Gasteiger partial charge in [-0.25, -0.2) is 12.8 Å². The van der Waals surface area contributed by atoms with Crippen LogP contribution in [0.3, 0.4) is 0 Å². The van der Waals surface area contributed by atoms with Crippen molar-refractivity contribution in [2.24, 2.45) is 0 Å². The molecule has 0 unspecified atom stereocenters. The summed E-state index contributed by atoms with van der Waals surface area (Å²) in [5.41, 5.74) is 2.08. The SMILES string of the molecule is CC(C)c1ccc(S(=O)(=O)N2CC[NH+](Cc3cccc(F)c3)CC2)cc1. The predicted molar refractivity (Wildman–Crippen MR) is 100 cm³/mol. The van der Waals surface area contributed by atoms with Gasteiger partial charge in [0.05, 0.1) is 31.1 Å². The van der Waals surface area contributed by atoms with Crippen LogP contribution in [0.15, 0.2) is 53.4 Å². The predicted octanol–water partition coefficient (Wildman–Crippen LogP) is 2.04. The van der Waals surface area contributed by atoms with Crippen LogP contribution in [0.25, 0.3) is 0 Å². The summed E-state index contributed by atoms with van der Waals surface area (Å²) in [4.78, 5) is 1.63. The number of piperazine rings is 1. The Balaban J connectivity index is 1.63. The van der Waals surface area contributed by atoms with Crippen molar-refractivity contribution in [2.75, 3.05) is 26.2 Å². The molecule has 0 bridgehead atoms. The van der Waals surface area contributed by atoms with Crippen molar-refractivity contribution in [1.29, 1.82) is 0 Å². The van der Waals surface area contributed by atoms with Crippen LogP contribution in [0.5, 0.6) is 0 Å². The van der Waals surface area contributed by atoms with Gasteiger partial charge in [0.2, 0.25) is 10.0 Å². The van der Waals surface area contributed by atoms with E-state index in [1.54, 1.807) is 28.6 Å². The van der Waals surface area contributed by atoms with Gasteiger partial charge in [-0.1, -0.05) is 38.1 Å². The van der Waals surface area contributed by atoms with Crippen molar-refractivity contribution in [3.05, 3.63) is 65.5 Å². The summed E-state index contributed by atoms with van der Waals surface area (Å²) < 4.78 is 40.6. The number of quaternary nitrogens is 1. The van der Waals surface area contributed by atoms with Crippen LogP contribution in [0.1, 0.15) is 30.9 Å². The lowest BCUT2D eigenvalue weighted by Crippen LogP contribution is -3.13. The van der Waals surface area contributed by atoms with Crippen molar-refractivity contribution in [1.82, 2.24) is 4.31 Å². The highest BCUT2D eigenvalue weighted by atomic mass is 32.2. The molecule has 0 atom stereocenters. The van der Waals surface area contributed by atoms with Crippen molar-refractivity contribution >= 4 is 10.0 Å². The van der Waals surface area contributed by atoms with Crippen LogP contribution in [-0.2, 0) is 16.6 Å². The van der Waals surface area contributed by atoms with E-state index in [0.717, 1.165) is 24.2 Å². The van der Waals surface area contributed by atoms with E-state index in [4.69, 9.17) is 0 Å². The molecule has 0 amide bonds. The molecule has 2 aromatic rings. The van der Waals surface area contributed by atoms with E-state index in [1.807, 2.05) is 18.2 Å². The fourth-order valence-electron chi connectivity index (χ4n) is 3.33. The first kappa shape index (κ1) is 19.0. The Morgan fingerprint density at radius 1 is 1.08 bits per heavy atom. The highest BCUT2D eigenvalue weighted by Crippen LogP contribution is 2.20. The van der Waals surface area contributed by atoms with Crippen molar-refractivity contribution in [3.63, 3.8) is 0 Å². The lowest BCUT2D eigenvalue weighted by Gasteiger charge is -2.31. The normalized spacial score (nSPS) is 16.9. The molecule has 140 valence electrons. The summed E-state index contributed by atoms with van der Waals surface area (Å²) in [5.74, 6) is 0.148. The highest BCUT2D eigenvalue weighted by molar-refractivity contribution is 7.89. The third-order valence-corrected chi connectivity index (χ3v) is 6.87. The number of nitrogens with one attached hydrogen (secondary N) is 1. The molecular formula is C20H26FN2O2S+. The standard InChI is InChI=1S/C20H25FN2O2S/c1-16(2)18-6-8-20(9-7-18)26(24,25)23-12-10-22(11-13-23)15-17-4-3-5-19(21)14-17/h3-9,14,16H,10-13,15H2,1-2H3/p+1. The van der Waals surface area contributed by atoms with E-state index in [2.05, 4.69) is 13.8 Å². The second-order valence-corrected chi connectivity index (χ2v) is 9.12. The van der Waals surface area contributed by atoms with Crippen LogP contribution >= 0.6 is 0 Å². The van der Waals surface area contributed by atoms with Gasteiger partial charge in [0.15, 0.2) is 0 Å². The third kappa shape index (κ3) is 4.31. The Hall–Kier alpha value is -1.76. The molecule has 3 rings (SSSR count). The summed E-state index contributed by atoms with van der Waals surface area (Å²) in [6.45, 7) is 7.31. The summed E-state index contributed by atoms with van der Waals surface area (Å²) in [5, 5.41) is 0. The van der Waals surface area contributed by atoms with Gasteiger partial charge < -0.3 is 4.90 Å². The van der Waals surface area contributed by atoms with Crippen LogP contribution in [0.4, 0.5) is 4.39 Å². The molecule has 6 heteroatoms. The first-order valence-corrected chi connectivity index (χ1v) is 10.5. The molecule has 0 aliphatic carbocycles. The highest BCUT2D eigenvalue weighted by Gasteiger charge is 2.30. The first-order chi connectivity index (χ1) is 12.4. The van der Waals surface area contributed by atoms with E-state index < -0.39 is 10.0 Å². The number of hydrogen-bond acceptors (Lipinski definition) is 2. The quantitative estimate of drug-likeness (QED) is 0.866. The molecule has 0 spiro atoms. The van der Waals surface area contributed by atoms with Crippen molar-refractivity contribution in [2.45, 2.75) is 31.2 Å². The van der Waals surface area contributed by atoms with E-state index in [9.17, 15) is 12.8 Å². The van der Waals surface area contributed by atoms with Crippen molar-refractivity contribution in [3.8, 4) is 0 Å². The van der Waals surface area contributed by atoms with Gasteiger partial charge in [-0.15, -0.1) is 0 Å².